The SMILES string of the molecule is CF.COc1ccc2c(c1OC)C(=O)OC2C1c2c(cc3c(c2OC)OCO3)CCN1C.COc1ccc2c(c1OC)C(=O)OC2C1c2c(cc3c(c2OC)OCO3)CCN1C.F[B]F.[B]. The van der Waals surface area contributed by atoms with E-state index in [-0.39, 0.29) is 34.1 Å². The van der Waals surface area contributed by atoms with Crippen LogP contribution in [0.2, 0.25) is 0 Å². The van der Waals surface area contributed by atoms with Crippen LogP contribution in [0.1, 0.15) is 78.4 Å². The van der Waals surface area contributed by atoms with E-state index in [1.54, 1.807) is 40.6 Å². The Kier molecular flexibility index (Phi) is 15.5. The molecule has 6 aliphatic heterocycles. The van der Waals surface area contributed by atoms with Crippen molar-refractivity contribution in [1.82, 2.24) is 9.80 Å². The molecule has 0 fully saturated rings. The molecule has 350 valence electrons. The number of hydrogen-bond acceptors (Lipinski definition) is 16. The van der Waals surface area contributed by atoms with Gasteiger partial charge in [-0.25, -0.2) is 9.59 Å². The summed E-state index contributed by atoms with van der Waals surface area (Å²) in [6.45, 7) is 1.93. The third-order valence-corrected chi connectivity index (χ3v) is 12.1. The second-order valence-corrected chi connectivity index (χ2v) is 15.0. The molecule has 0 saturated heterocycles. The highest BCUT2D eigenvalue weighted by Gasteiger charge is 2.48. The number of likely N-dealkylation sites (N-methyl/N-ethyl adjacent to an activating group) is 2. The van der Waals surface area contributed by atoms with E-state index in [4.69, 9.17) is 56.8 Å². The predicted molar refractivity (Wildman–Crippen MR) is 233 cm³/mol. The van der Waals surface area contributed by atoms with Gasteiger partial charge in [0.2, 0.25) is 25.1 Å². The standard InChI is InChI=1S/2C22H23NO7.CH3F.BF2.B/c2*1-23-8-7-11-9-14-20(29-10-28-14)21(27-4)15(11)17(23)18-12-5-6-13(25-2)19(26-3)16(12)22(24)30-18;1-2;2-1-3;/h2*5-6,9,17-18H,7-8,10H2,1-4H3;1H3;;. The normalized spacial score (nSPS) is 20.0. The predicted octanol–water partition coefficient (Wildman–Crippen LogP) is 6.43. The van der Waals surface area contributed by atoms with Crippen molar-refractivity contribution in [3.05, 3.63) is 80.9 Å². The third kappa shape index (κ3) is 8.26. The number of benzene rings is 4. The second-order valence-electron chi connectivity index (χ2n) is 15.0. The number of rotatable bonds is 8. The molecular weight excluding hydrogens is 871 g/mol. The van der Waals surface area contributed by atoms with E-state index >= 15 is 0 Å². The molecule has 6 heterocycles. The number of carbonyl (C=O) groups excluding carboxylic acids is 2. The number of methoxy groups -OCH3 is 6. The summed E-state index contributed by atoms with van der Waals surface area (Å²) in [5.41, 5.74) is 6.45. The third-order valence-electron chi connectivity index (χ3n) is 12.1. The Labute approximate surface area is 382 Å². The van der Waals surface area contributed by atoms with Crippen molar-refractivity contribution in [1.29, 1.82) is 0 Å². The first-order valence-electron chi connectivity index (χ1n) is 20.3. The van der Waals surface area contributed by atoms with E-state index in [1.165, 1.54) is 14.2 Å². The van der Waals surface area contributed by atoms with Crippen LogP contribution in [0, 0.1) is 0 Å². The number of cyclic esters (lactones) is 2. The van der Waals surface area contributed by atoms with Crippen LogP contribution in [-0.4, -0.2) is 129 Å². The number of nitrogens with zero attached hydrogens (tertiary/aromatic N) is 2. The fraction of sp³-hybridized carbons (Fsp3) is 0.422. The lowest BCUT2D eigenvalue weighted by molar-refractivity contribution is 0.00806. The lowest BCUT2D eigenvalue weighted by Gasteiger charge is -2.38. The molecule has 0 amide bonds. The molecular formula is C45H49B2F3N2O14. The number of fused-ring (bicyclic) bond motifs is 6. The first-order chi connectivity index (χ1) is 31.6. The smallest absolute Gasteiger partial charge is 0.493 e. The molecule has 66 heavy (non-hydrogen) atoms. The summed E-state index contributed by atoms with van der Waals surface area (Å²) in [7, 11) is 12.9. The molecule has 4 aromatic carbocycles. The molecule has 4 aromatic rings. The summed E-state index contributed by atoms with van der Waals surface area (Å²) in [4.78, 5) is 30.1. The van der Waals surface area contributed by atoms with Gasteiger partial charge in [-0.05, 0) is 62.3 Å². The number of carbonyl (C=O) groups is 2. The monoisotopic (exact) mass is 920 g/mol. The van der Waals surface area contributed by atoms with Gasteiger partial charge in [0.05, 0.1) is 61.9 Å². The van der Waals surface area contributed by atoms with Gasteiger partial charge in [0, 0.05) is 43.8 Å². The van der Waals surface area contributed by atoms with Gasteiger partial charge >= 0.3 is 19.8 Å². The zero-order valence-corrected chi connectivity index (χ0v) is 37.9. The minimum atomic E-state index is -1.00. The van der Waals surface area contributed by atoms with Crippen LogP contribution < -0.4 is 47.4 Å². The van der Waals surface area contributed by atoms with Crippen LogP contribution >= 0.6 is 0 Å². The van der Waals surface area contributed by atoms with Crippen LogP contribution in [0.5, 0.6) is 57.5 Å². The maximum Gasteiger partial charge on any atom is 0.577 e. The Morgan fingerprint density at radius 1 is 0.576 bits per heavy atom. The lowest BCUT2D eigenvalue weighted by atomic mass is 9.85. The Balaban J connectivity index is 0.000000196. The van der Waals surface area contributed by atoms with Gasteiger partial charge in [-0.15, -0.1) is 0 Å². The van der Waals surface area contributed by atoms with E-state index in [0.717, 1.165) is 59.3 Å². The van der Waals surface area contributed by atoms with Crippen molar-refractivity contribution in [2.24, 2.45) is 0 Å². The molecule has 4 radical (unpaired) electrons. The average Bonchev–Trinajstić information content (AvgIpc) is 4.14. The molecule has 4 unspecified atom stereocenters. The Morgan fingerprint density at radius 3 is 1.27 bits per heavy atom. The number of alkyl halides is 1. The molecule has 0 saturated carbocycles. The maximum absolute atomic E-state index is 12.9. The Morgan fingerprint density at radius 2 is 0.939 bits per heavy atom. The van der Waals surface area contributed by atoms with Crippen LogP contribution in [0.4, 0.5) is 13.0 Å². The highest BCUT2D eigenvalue weighted by molar-refractivity contribution is 6.15. The van der Waals surface area contributed by atoms with E-state index < -0.39 is 32.0 Å². The zero-order chi connectivity index (χ0) is 46.7. The molecule has 6 aliphatic rings. The largest absolute Gasteiger partial charge is 0.577 e. The number of ether oxygens (including phenoxy) is 12. The Hall–Kier alpha value is -6.34. The highest BCUT2D eigenvalue weighted by Crippen LogP contribution is 2.57. The molecule has 10 rings (SSSR count). The zero-order valence-electron chi connectivity index (χ0n) is 37.9. The molecule has 0 aromatic heterocycles. The molecule has 21 heteroatoms. The van der Waals surface area contributed by atoms with E-state index in [9.17, 15) is 22.6 Å². The topological polar surface area (TPSA) is 151 Å². The van der Waals surface area contributed by atoms with Gasteiger partial charge in [-0.2, -0.15) is 0 Å². The van der Waals surface area contributed by atoms with Crippen LogP contribution in [0.3, 0.4) is 0 Å². The van der Waals surface area contributed by atoms with Crippen LogP contribution in [-0.2, 0) is 22.3 Å². The van der Waals surface area contributed by atoms with Gasteiger partial charge in [0.25, 0.3) is 0 Å². The summed E-state index contributed by atoms with van der Waals surface area (Å²) in [6, 6.07) is 10.9. The average molecular weight is 921 g/mol. The van der Waals surface area contributed by atoms with Gasteiger partial charge < -0.3 is 56.8 Å². The van der Waals surface area contributed by atoms with Crippen molar-refractivity contribution in [2.75, 3.05) is 90.6 Å². The quantitative estimate of drug-likeness (QED) is 0.141. The minimum Gasteiger partial charge on any atom is -0.493 e. The van der Waals surface area contributed by atoms with Crippen LogP contribution in [0.25, 0.3) is 0 Å². The highest BCUT2D eigenvalue weighted by atomic mass is 19.2. The van der Waals surface area contributed by atoms with Crippen LogP contribution in [0.15, 0.2) is 36.4 Å². The van der Waals surface area contributed by atoms with E-state index in [1.807, 2.05) is 38.4 Å². The number of hydrogen-bond donors (Lipinski definition) is 0. The number of esters is 2. The number of halogens is 3. The van der Waals surface area contributed by atoms with Gasteiger partial charge in [0.1, 0.15) is 23.3 Å². The molecule has 4 atom stereocenters. The van der Waals surface area contributed by atoms with Crippen molar-refractivity contribution in [3.63, 3.8) is 0 Å². The maximum atomic E-state index is 12.9. The van der Waals surface area contributed by atoms with Gasteiger partial charge in [-0.3, -0.25) is 22.8 Å². The van der Waals surface area contributed by atoms with Crippen molar-refractivity contribution < 1.29 is 79.5 Å². The van der Waals surface area contributed by atoms with Crippen molar-refractivity contribution in [3.8, 4) is 57.5 Å². The fourth-order valence-corrected chi connectivity index (χ4v) is 9.42. The summed E-state index contributed by atoms with van der Waals surface area (Å²) in [6.07, 6.45) is 0.611. The van der Waals surface area contributed by atoms with Gasteiger partial charge in [-0.1, -0.05) is 12.1 Å². The lowest BCUT2D eigenvalue weighted by Crippen LogP contribution is -2.36. The summed E-state index contributed by atoms with van der Waals surface area (Å²) < 4.78 is 96.1. The summed E-state index contributed by atoms with van der Waals surface area (Å²) in [5.74, 6) is 4.71. The molecule has 0 spiro atoms. The summed E-state index contributed by atoms with van der Waals surface area (Å²) >= 11 is 0. The van der Waals surface area contributed by atoms with E-state index in [2.05, 4.69) is 9.80 Å². The summed E-state index contributed by atoms with van der Waals surface area (Å²) in [5, 5.41) is 0. The molecule has 16 nitrogen and oxygen atoms in total. The molecule has 0 aliphatic carbocycles. The van der Waals surface area contributed by atoms with Crippen molar-refractivity contribution >= 4 is 28.2 Å². The first-order valence-corrected chi connectivity index (χ1v) is 20.3. The minimum absolute atomic E-state index is 0. The fourth-order valence-electron chi connectivity index (χ4n) is 9.42. The van der Waals surface area contributed by atoms with Gasteiger partial charge in [0.15, 0.2) is 46.0 Å². The molecule has 0 bridgehead atoms. The van der Waals surface area contributed by atoms with Crippen molar-refractivity contribution in [2.45, 2.75) is 37.1 Å². The Bertz CT molecular complexity index is 2280. The first kappa shape index (κ1) is 49.1. The molecule has 0 N–H and O–H groups in total. The second kappa shape index (κ2) is 20.9. The van der Waals surface area contributed by atoms with E-state index in [0.29, 0.717) is 75.8 Å².